The van der Waals surface area contributed by atoms with E-state index in [0.29, 0.717) is 11.8 Å². The molecule has 17 heavy (non-hydrogen) atoms. The van der Waals surface area contributed by atoms with Crippen LogP contribution in [0.4, 0.5) is 0 Å². The highest BCUT2D eigenvalue weighted by Gasteiger charge is 2.34. The number of carbonyl (C=O) groups is 2. The number of nitrogens with zero attached hydrogens (tertiary/aromatic N) is 1. The summed E-state index contributed by atoms with van der Waals surface area (Å²) in [5.41, 5.74) is 5.61. The van der Waals surface area contributed by atoms with Gasteiger partial charge in [-0.25, -0.2) is 4.79 Å². The Kier molecular flexibility index (Phi) is 5.27. The highest BCUT2D eigenvalue weighted by molar-refractivity contribution is 8.00. The van der Waals surface area contributed by atoms with Gasteiger partial charge in [0.2, 0.25) is 0 Å². The van der Waals surface area contributed by atoms with E-state index in [9.17, 15) is 9.59 Å². The maximum Gasteiger partial charge on any atom is 0.332 e. The molecule has 0 bridgehead atoms. The zero-order valence-corrected chi connectivity index (χ0v) is 11.3. The van der Waals surface area contributed by atoms with Crippen LogP contribution in [0, 0.1) is 0 Å². The molecule has 0 radical (unpaired) electrons. The normalized spacial score (nSPS) is 26.5. The van der Waals surface area contributed by atoms with Crippen molar-refractivity contribution in [1.29, 1.82) is 0 Å². The molecule has 1 amide bonds. The van der Waals surface area contributed by atoms with Gasteiger partial charge in [0, 0.05) is 23.6 Å². The Labute approximate surface area is 106 Å². The maximum atomic E-state index is 12.1. The summed E-state index contributed by atoms with van der Waals surface area (Å²) in [5, 5.41) is 0.363. The largest absolute Gasteiger partial charge is 0.464 e. The standard InChI is InChI=1S/C11H20N2O3S/c1-4-16-11(15)9(12)10(14)13-5-6-17-8(3)7(13)2/h7-9H,4-6,12H2,1-3H3. The number of hydrogen-bond donors (Lipinski definition) is 1. The van der Waals surface area contributed by atoms with Gasteiger partial charge < -0.3 is 15.4 Å². The van der Waals surface area contributed by atoms with Crippen molar-refractivity contribution in [3.05, 3.63) is 0 Å². The molecule has 5 nitrogen and oxygen atoms in total. The second-order valence-electron chi connectivity index (χ2n) is 4.08. The van der Waals surface area contributed by atoms with Crippen LogP contribution in [-0.2, 0) is 14.3 Å². The minimum Gasteiger partial charge on any atom is -0.464 e. The van der Waals surface area contributed by atoms with Gasteiger partial charge >= 0.3 is 5.97 Å². The Hall–Kier alpha value is -0.750. The van der Waals surface area contributed by atoms with Gasteiger partial charge in [-0.2, -0.15) is 11.8 Å². The van der Waals surface area contributed by atoms with E-state index in [2.05, 4.69) is 6.92 Å². The molecule has 0 saturated carbocycles. The number of rotatable bonds is 3. The molecule has 6 heteroatoms. The molecule has 2 N–H and O–H groups in total. The van der Waals surface area contributed by atoms with E-state index in [1.165, 1.54) is 0 Å². The minimum atomic E-state index is -1.19. The van der Waals surface area contributed by atoms with Crippen molar-refractivity contribution in [2.75, 3.05) is 18.9 Å². The Balaban J connectivity index is 2.65. The lowest BCUT2D eigenvalue weighted by molar-refractivity contribution is -0.151. The summed E-state index contributed by atoms with van der Waals surface area (Å²) in [6, 6.07) is -1.09. The zero-order chi connectivity index (χ0) is 13.0. The predicted octanol–water partition coefficient (Wildman–Crippen LogP) is 0.229. The Bertz CT molecular complexity index is 298. The minimum absolute atomic E-state index is 0.0988. The number of esters is 1. The molecule has 0 aromatic rings. The van der Waals surface area contributed by atoms with E-state index >= 15 is 0 Å². The molecule has 1 saturated heterocycles. The van der Waals surface area contributed by atoms with Crippen molar-refractivity contribution in [2.24, 2.45) is 5.73 Å². The van der Waals surface area contributed by atoms with Crippen LogP contribution in [0.25, 0.3) is 0 Å². The fourth-order valence-electron chi connectivity index (χ4n) is 1.76. The fraction of sp³-hybridized carbons (Fsp3) is 0.818. The highest BCUT2D eigenvalue weighted by atomic mass is 32.2. The molecule has 0 spiro atoms. The van der Waals surface area contributed by atoms with Gasteiger partial charge in [0.25, 0.3) is 5.91 Å². The summed E-state index contributed by atoms with van der Waals surface area (Å²) in [6.45, 7) is 6.62. The topological polar surface area (TPSA) is 72.6 Å². The summed E-state index contributed by atoms with van der Waals surface area (Å²) < 4.78 is 4.76. The van der Waals surface area contributed by atoms with E-state index in [4.69, 9.17) is 10.5 Å². The van der Waals surface area contributed by atoms with Gasteiger partial charge in [0.15, 0.2) is 6.04 Å². The van der Waals surface area contributed by atoms with Gasteiger partial charge in [0.1, 0.15) is 0 Å². The number of amides is 1. The predicted molar refractivity (Wildman–Crippen MR) is 67.7 cm³/mol. The summed E-state index contributed by atoms with van der Waals surface area (Å²) >= 11 is 1.83. The number of ether oxygens (including phenoxy) is 1. The third-order valence-electron chi connectivity index (χ3n) is 2.97. The van der Waals surface area contributed by atoms with Gasteiger partial charge in [-0.15, -0.1) is 0 Å². The van der Waals surface area contributed by atoms with Gasteiger partial charge in [0.05, 0.1) is 6.61 Å². The van der Waals surface area contributed by atoms with Crippen LogP contribution in [-0.4, -0.2) is 53.0 Å². The molecular weight excluding hydrogens is 240 g/mol. The van der Waals surface area contributed by atoms with Crippen LogP contribution in [0.1, 0.15) is 20.8 Å². The highest BCUT2D eigenvalue weighted by Crippen LogP contribution is 2.24. The Morgan fingerprint density at radius 3 is 2.76 bits per heavy atom. The molecule has 1 aliphatic rings. The van der Waals surface area contributed by atoms with Gasteiger partial charge in [-0.05, 0) is 13.8 Å². The second-order valence-corrected chi connectivity index (χ2v) is 5.56. The van der Waals surface area contributed by atoms with Crippen molar-refractivity contribution >= 4 is 23.6 Å². The van der Waals surface area contributed by atoms with E-state index < -0.39 is 12.0 Å². The summed E-state index contributed by atoms with van der Waals surface area (Å²) in [6.07, 6.45) is 0. The van der Waals surface area contributed by atoms with Crippen LogP contribution in [0.15, 0.2) is 0 Å². The van der Waals surface area contributed by atoms with E-state index in [1.54, 1.807) is 11.8 Å². The van der Waals surface area contributed by atoms with Crippen molar-refractivity contribution < 1.29 is 14.3 Å². The Morgan fingerprint density at radius 2 is 2.18 bits per heavy atom. The average molecular weight is 260 g/mol. The molecule has 1 heterocycles. The monoisotopic (exact) mass is 260 g/mol. The van der Waals surface area contributed by atoms with Crippen LogP contribution < -0.4 is 5.73 Å². The van der Waals surface area contributed by atoms with Crippen molar-refractivity contribution in [3.8, 4) is 0 Å². The maximum absolute atomic E-state index is 12.1. The number of hydrogen-bond acceptors (Lipinski definition) is 5. The lowest BCUT2D eigenvalue weighted by atomic mass is 10.1. The van der Waals surface area contributed by atoms with Crippen molar-refractivity contribution in [1.82, 2.24) is 4.90 Å². The van der Waals surface area contributed by atoms with Gasteiger partial charge in [-0.3, -0.25) is 4.79 Å². The summed E-state index contributed by atoms with van der Waals surface area (Å²) in [5.74, 6) is -0.0917. The molecule has 0 aromatic heterocycles. The van der Waals surface area contributed by atoms with Crippen molar-refractivity contribution in [3.63, 3.8) is 0 Å². The number of nitrogens with two attached hydrogens (primary N) is 1. The van der Waals surface area contributed by atoms with Crippen LogP contribution in [0.3, 0.4) is 0 Å². The summed E-state index contributed by atoms with van der Waals surface area (Å²) in [4.78, 5) is 25.2. The summed E-state index contributed by atoms with van der Waals surface area (Å²) in [7, 11) is 0. The molecule has 1 rings (SSSR count). The first-order valence-electron chi connectivity index (χ1n) is 5.83. The lowest BCUT2D eigenvalue weighted by Gasteiger charge is -2.38. The first kappa shape index (κ1) is 14.3. The van der Waals surface area contributed by atoms with Crippen LogP contribution in [0.2, 0.25) is 0 Å². The fourth-order valence-corrected chi connectivity index (χ4v) is 2.85. The number of thioether (sulfide) groups is 1. The van der Waals surface area contributed by atoms with Gasteiger partial charge in [-0.1, -0.05) is 6.92 Å². The molecule has 1 fully saturated rings. The van der Waals surface area contributed by atoms with Crippen LogP contribution >= 0.6 is 11.8 Å². The molecular formula is C11H20N2O3S. The molecule has 1 aliphatic heterocycles. The van der Waals surface area contributed by atoms with E-state index in [-0.39, 0.29) is 18.6 Å². The van der Waals surface area contributed by atoms with Crippen LogP contribution in [0.5, 0.6) is 0 Å². The molecule has 3 atom stereocenters. The average Bonchev–Trinajstić information content (AvgIpc) is 2.31. The molecule has 98 valence electrons. The smallest absolute Gasteiger partial charge is 0.332 e. The lowest BCUT2D eigenvalue weighted by Crippen LogP contribution is -2.56. The Morgan fingerprint density at radius 1 is 1.53 bits per heavy atom. The second kappa shape index (κ2) is 6.26. The quantitative estimate of drug-likeness (QED) is 0.581. The zero-order valence-electron chi connectivity index (χ0n) is 10.5. The molecule has 3 unspecified atom stereocenters. The van der Waals surface area contributed by atoms with E-state index in [1.807, 2.05) is 18.7 Å². The third kappa shape index (κ3) is 3.35. The van der Waals surface area contributed by atoms with E-state index in [0.717, 1.165) is 5.75 Å². The van der Waals surface area contributed by atoms with Crippen molar-refractivity contribution in [2.45, 2.75) is 38.1 Å². The first-order chi connectivity index (χ1) is 7.99. The SMILES string of the molecule is CCOC(=O)C(N)C(=O)N1CCSC(C)C1C. The molecule has 0 aromatic carbocycles. The number of carbonyl (C=O) groups excluding carboxylic acids is 2. The molecule has 0 aliphatic carbocycles. The first-order valence-corrected chi connectivity index (χ1v) is 6.88. The third-order valence-corrected chi connectivity index (χ3v) is 4.31.